The number of nitrogens with zero attached hydrogens (tertiary/aromatic N) is 1. The number of rotatable bonds is 6. The Morgan fingerprint density at radius 3 is 2.75 bits per heavy atom. The monoisotopic (exact) mass is 323 g/mol. The zero-order valence-corrected chi connectivity index (χ0v) is 13.9. The molecule has 0 bridgehead atoms. The van der Waals surface area contributed by atoms with Crippen LogP contribution in [0.1, 0.15) is 35.2 Å². The van der Waals surface area contributed by atoms with Crippen molar-refractivity contribution in [3.05, 3.63) is 65.5 Å². The molecule has 2 N–H and O–H groups in total. The van der Waals surface area contributed by atoms with Gasteiger partial charge >= 0.3 is 0 Å². The van der Waals surface area contributed by atoms with E-state index in [4.69, 9.17) is 4.42 Å². The van der Waals surface area contributed by atoms with Crippen LogP contribution < -0.4 is 5.32 Å². The highest BCUT2D eigenvalue weighted by Crippen LogP contribution is 2.20. The van der Waals surface area contributed by atoms with Gasteiger partial charge in [0.15, 0.2) is 11.5 Å². The summed E-state index contributed by atoms with van der Waals surface area (Å²) in [5.41, 5.74) is 2.34. The SMILES string of the molecule is Cc1ccc(-c2cc(C(=O)NC(C)CCc3ccccc3)n[nH]2)o1. The van der Waals surface area contributed by atoms with E-state index in [1.54, 1.807) is 6.07 Å². The summed E-state index contributed by atoms with van der Waals surface area (Å²) >= 11 is 0. The standard InChI is InChI=1S/C19H21N3O2/c1-13(8-10-15-6-4-3-5-7-15)20-19(23)17-12-16(21-22-17)18-11-9-14(2)24-18/h3-7,9,11-13H,8,10H2,1-2H3,(H,20,23)(H,21,22). The molecular weight excluding hydrogens is 302 g/mol. The van der Waals surface area contributed by atoms with Crippen molar-refractivity contribution in [3.8, 4) is 11.5 Å². The quantitative estimate of drug-likeness (QED) is 0.726. The molecule has 0 aliphatic heterocycles. The van der Waals surface area contributed by atoms with Gasteiger partial charge in [0, 0.05) is 12.1 Å². The van der Waals surface area contributed by atoms with Gasteiger partial charge in [-0.15, -0.1) is 0 Å². The summed E-state index contributed by atoms with van der Waals surface area (Å²) in [6, 6.07) is 15.8. The summed E-state index contributed by atoms with van der Waals surface area (Å²) in [6.45, 7) is 3.88. The van der Waals surface area contributed by atoms with E-state index < -0.39 is 0 Å². The lowest BCUT2D eigenvalue weighted by Gasteiger charge is -2.12. The number of furan rings is 1. The summed E-state index contributed by atoms with van der Waals surface area (Å²) in [4.78, 5) is 12.3. The van der Waals surface area contributed by atoms with E-state index in [1.165, 1.54) is 5.56 Å². The molecule has 0 spiro atoms. The first-order chi connectivity index (χ1) is 11.6. The maximum absolute atomic E-state index is 12.3. The molecule has 1 aromatic carbocycles. The molecule has 1 atom stereocenters. The number of carbonyl (C=O) groups is 1. The lowest BCUT2D eigenvalue weighted by molar-refractivity contribution is 0.0933. The first kappa shape index (κ1) is 16.1. The molecule has 0 saturated carbocycles. The van der Waals surface area contributed by atoms with Gasteiger partial charge in [0.25, 0.3) is 5.91 Å². The summed E-state index contributed by atoms with van der Waals surface area (Å²) in [7, 11) is 0. The van der Waals surface area contributed by atoms with Gasteiger partial charge in [0.1, 0.15) is 11.5 Å². The molecule has 0 fully saturated rings. The third-order valence-electron chi connectivity index (χ3n) is 3.90. The van der Waals surface area contributed by atoms with Gasteiger partial charge in [-0.25, -0.2) is 0 Å². The molecule has 5 nitrogen and oxygen atoms in total. The lowest BCUT2D eigenvalue weighted by Crippen LogP contribution is -2.33. The molecule has 2 aromatic heterocycles. The zero-order valence-electron chi connectivity index (χ0n) is 13.9. The van der Waals surface area contributed by atoms with Gasteiger partial charge in [-0.05, 0) is 44.4 Å². The van der Waals surface area contributed by atoms with E-state index >= 15 is 0 Å². The Kier molecular flexibility index (Phi) is 4.79. The van der Waals surface area contributed by atoms with E-state index in [9.17, 15) is 4.79 Å². The van der Waals surface area contributed by atoms with Crippen molar-refractivity contribution in [2.75, 3.05) is 0 Å². The van der Waals surface area contributed by atoms with Gasteiger partial charge in [-0.3, -0.25) is 9.89 Å². The van der Waals surface area contributed by atoms with Gasteiger partial charge in [0.2, 0.25) is 0 Å². The third kappa shape index (κ3) is 3.93. The minimum Gasteiger partial charge on any atom is -0.460 e. The molecule has 0 aliphatic rings. The van der Waals surface area contributed by atoms with Crippen LogP contribution in [0.25, 0.3) is 11.5 Å². The molecular formula is C19H21N3O2. The summed E-state index contributed by atoms with van der Waals surface area (Å²) in [5.74, 6) is 1.32. The van der Waals surface area contributed by atoms with Crippen LogP contribution in [0.5, 0.6) is 0 Å². The number of H-pyrrole nitrogens is 1. The van der Waals surface area contributed by atoms with Crippen molar-refractivity contribution in [1.29, 1.82) is 0 Å². The normalized spacial score (nSPS) is 12.1. The second-order valence-corrected chi connectivity index (χ2v) is 5.98. The van der Waals surface area contributed by atoms with E-state index in [0.29, 0.717) is 17.1 Å². The Hall–Kier alpha value is -2.82. The molecule has 3 aromatic rings. The fourth-order valence-corrected chi connectivity index (χ4v) is 2.54. The van der Waals surface area contributed by atoms with Gasteiger partial charge in [-0.1, -0.05) is 30.3 Å². The number of aromatic amines is 1. The Morgan fingerprint density at radius 1 is 1.25 bits per heavy atom. The number of amides is 1. The van der Waals surface area contributed by atoms with Crippen LogP contribution in [-0.4, -0.2) is 22.1 Å². The average Bonchev–Trinajstić information content (AvgIpc) is 3.23. The minimum atomic E-state index is -0.179. The van der Waals surface area contributed by atoms with E-state index in [0.717, 1.165) is 18.6 Å². The Morgan fingerprint density at radius 2 is 2.04 bits per heavy atom. The zero-order chi connectivity index (χ0) is 16.9. The molecule has 24 heavy (non-hydrogen) atoms. The number of nitrogens with one attached hydrogen (secondary N) is 2. The van der Waals surface area contributed by atoms with E-state index in [2.05, 4.69) is 27.6 Å². The van der Waals surface area contributed by atoms with Gasteiger partial charge in [0.05, 0.1) is 0 Å². The van der Waals surface area contributed by atoms with Crippen LogP contribution in [0, 0.1) is 6.92 Å². The van der Waals surface area contributed by atoms with Crippen LogP contribution >= 0.6 is 0 Å². The number of benzene rings is 1. The summed E-state index contributed by atoms with van der Waals surface area (Å²) in [5, 5.41) is 9.90. The Bertz CT molecular complexity index is 805. The van der Waals surface area contributed by atoms with Crippen LogP contribution in [0.4, 0.5) is 0 Å². The fraction of sp³-hybridized carbons (Fsp3) is 0.263. The number of carbonyl (C=O) groups excluding carboxylic acids is 1. The second-order valence-electron chi connectivity index (χ2n) is 5.98. The third-order valence-corrected chi connectivity index (χ3v) is 3.90. The van der Waals surface area contributed by atoms with Crippen LogP contribution in [0.15, 0.2) is 52.9 Å². The van der Waals surface area contributed by atoms with Crippen molar-refractivity contribution in [2.45, 2.75) is 32.7 Å². The first-order valence-corrected chi connectivity index (χ1v) is 8.09. The summed E-state index contributed by atoms with van der Waals surface area (Å²) in [6.07, 6.45) is 1.81. The molecule has 5 heteroatoms. The lowest BCUT2D eigenvalue weighted by atomic mass is 10.1. The summed E-state index contributed by atoms with van der Waals surface area (Å²) < 4.78 is 5.53. The highest BCUT2D eigenvalue weighted by Gasteiger charge is 2.15. The smallest absolute Gasteiger partial charge is 0.272 e. The molecule has 124 valence electrons. The Balaban J connectivity index is 1.55. The topological polar surface area (TPSA) is 70.9 Å². The number of hydrogen-bond donors (Lipinski definition) is 2. The van der Waals surface area contributed by atoms with Crippen molar-refractivity contribution >= 4 is 5.91 Å². The predicted molar refractivity (Wildman–Crippen MR) is 92.7 cm³/mol. The van der Waals surface area contributed by atoms with Crippen LogP contribution in [-0.2, 0) is 6.42 Å². The molecule has 1 amide bonds. The van der Waals surface area contributed by atoms with E-state index in [1.807, 2.05) is 44.2 Å². The molecule has 1 unspecified atom stereocenters. The predicted octanol–water partition coefficient (Wildman–Crippen LogP) is 3.73. The van der Waals surface area contributed by atoms with Gasteiger partial charge in [-0.2, -0.15) is 5.10 Å². The van der Waals surface area contributed by atoms with Crippen LogP contribution in [0.2, 0.25) is 0 Å². The molecule has 2 heterocycles. The molecule has 3 rings (SSSR count). The maximum Gasteiger partial charge on any atom is 0.272 e. The number of aryl methyl sites for hydroxylation is 2. The largest absolute Gasteiger partial charge is 0.460 e. The first-order valence-electron chi connectivity index (χ1n) is 8.09. The molecule has 0 saturated heterocycles. The fourth-order valence-electron chi connectivity index (χ4n) is 2.54. The number of aromatic nitrogens is 2. The average molecular weight is 323 g/mol. The second kappa shape index (κ2) is 7.17. The molecule has 0 aliphatic carbocycles. The van der Waals surface area contributed by atoms with Crippen molar-refractivity contribution in [1.82, 2.24) is 15.5 Å². The van der Waals surface area contributed by atoms with Crippen molar-refractivity contribution in [2.24, 2.45) is 0 Å². The van der Waals surface area contributed by atoms with Crippen LogP contribution in [0.3, 0.4) is 0 Å². The maximum atomic E-state index is 12.3. The highest BCUT2D eigenvalue weighted by molar-refractivity contribution is 5.93. The Labute approximate surface area is 141 Å². The highest BCUT2D eigenvalue weighted by atomic mass is 16.3. The van der Waals surface area contributed by atoms with Gasteiger partial charge < -0.3 is 9.73 Å². The number of hydrogen-bond acceptors (Lipinski definition) is 3. The minimum absolute atomic E-state index is 0.0729. The van der Waals surface area contributed by atoms with E-state index in [-0.39, 0.29) is 11.9 Å². The van der Waals surface area contributed by atoms with Crippen molar-refractivity contribution < 1.29 is 9.21 Å². The molecule has 0 radical (unpaired) electrons. The van der Waals surface area contributed by atoms with Crippen molar-refractivity contribution in [3.63, 3.8) is 0 Å².